The third-order valence-corrected chi connectivity index (χ3v) is 4.03. The number of fused-ring (bicyclic) bond motifs is 1. The first-order valence-electron chi connectivity index (χ1n) is 7.54. The second-order valence-corrected chi connectivity index (χ2v) is 6.63. The number of para-hydroxylation sites is 1. The van der Waals surface area contributed by atoms with E-state index in [1.165, 1.54) is 0 Å². The first kappa shape index (κ1) is 15.8. The summed E-state index contributed by atoms with van der Waals surface area (Å²) >= 11 is 6.35. The van der Waals surface area contributed by atoms with E-state index in [4.69, 9.17) is 16.6 Å². The fraction of sp³-hybridized carbons (Fsp3) is 0.211. The number of nitrogens with zero attached hydrogens (tertiary/aromatic N) is 1. The highest BCUT2D eigenvalue weighted by Gasteiger charge is 2.18. The van der Waals surface area contributed by atoms with Crippen molar-refractivity contribution in [2.45, 2.75) is 19.4 Å². The summed E-state index contributed by atoms with van der Waals surface area (Å²) in [5.74, 6) is 0. The Labute approximate surface area is 140 Å². The Morgan fingerprint density at radius 2 is 1.83 bits per heavy atom. The second kappa shape index (κ2) is 6.19. The van der Waals surface area contributed by atoms with Crippen LogP contribution in [0.1, 0.15) is 13.8 Å². The highest BCUT2D eigenvalue weighted by molar-refractivity contribution is 6.35. The van der Waals surface area contributed by atoms with Crippen molar-refractivity contribution in [3.05, 3.63) is 59.6 Å². The van der Waals surface area contributed by atoms with Crippen molar-refractivity contribution in [3.63, 3.8) is 0 Å². The number of benzene rings is 2. The minimum atomic E-state index is -0.440. The molecule has 0 saturated carbocycles. The van der Waals surface area contributed by atoms with Crippen molar-refractivity contribution in [1.82, 2.24) is 4.98 Å². The Balaban J connectivity index is 2.22. The molecule has 0 saturated heterocycles. The molecule has 23 heavy (non-hydrogen) atoms. The van der Waals surface area contributed by atoms with E-state index in [0.29, 0.717) is 5.02 Å². The van der Waals surface area contributed by atoms with Crippen LogP contribution in [0.25, 0.3) is 22.2 Å². The maximum Gasteiger partial charge on any atom is 0.0916 e. The van der Waals surface area contributed by atoms with E-state index in [1.54, 1.807) is 0 Å². The van der Waals surface area contributed by atoms with Gasteiger partial charge in [-0.2, -0.15) is 0 Å². The van der Waals surface area contributed by atoms with E-state index >= 15 is 0 Å². The standard InChI is InChI=1S/C19H19ClN2O/c1-19(2,12-23)22-17-11-16(13-7-4-3-5-8-13)21-18-14(17)9-6-10-15(18)20/h3-11,23H,12H2,1-2H3,(H,21,22). The molecule has 2 N–H and O–H groups in total. The van der Waals surface area contributed by atoms with Crippen LogP contribution in [-0.2, 0) is 0 Å². The first-order chi connectivity index (χ1) is 11.0. The third-order valence-electron chi connectivity index (χ3n) is 3.73. The fourth-order valence-electron chi connectivity index (χ4n) is 2.48. The van der Waals surface area contributed by atoms with Crippen LogP contribution in [0.4, 0.5) is 5.69 Å². The molecule has 4 heteroatoms. The molecule has 2 aromatic carbocycles. The normalized spacial score (nSPS) is 11.7. The van der Waals surface area contributed by atoms with Gasteiger partial charge in [0.1, 0.15) is 0 Å². The van der Waals surface area contributed by atoms with Crippen molar-refractivity contribution in [1.29, 1.82) is 0 Å². The van der Waals surface area contributed by atoms with Gasteiger partial charge in [0.2, 0.25) is 0 Å². The van der Waals surface area contributed by atoms with Crippen molar-refractivity contribution < 1.29 is 5.11 Å². The van der Waals surface area contributed by atoms with Crippen LogP contribution in [0.3, 0.4) is 0 Å². The molecule has 0 unspecified atom stereocenters. The summed E-state index contributed by atoms with van der Waals surface area (Å²) in [6, 6.07) is 17.7. The molecule has 0 radical (unpaired) electrons. The zero-order valence-electron chi connectivity index (χ0n) is 13.2. The zero-order chi connectivity index (χ0) is 16.4. The summed E-state index contributed by atoms with van der Waals surface area (Å²) < 4.78 is 0. The van der Waals surface area contributed by atoms with Gasteiger partial charge in [-0.15, -0.1) is 0 Å². The second-order valence-electron chi connectivity index (χ2n) is 6.22. The lowest BCUT2D eigenvalue weighted by molar-refractivity contribution is 0.234. The van der Waals surface area contributed by atoms with E-state index in [2.05, 4.69) is 5.32 Å². The average molecular weight is 327 g/mol. The predicted molar refractivity (Wildman–Crippen MR) is 97.0 cm³/mol. The van der Waals surface area contributed by atoms with Crippen LogP contribution in [-0.4, -0.2) is 22.2 Å². The Morgan fingerprint density at radius 3 is 2.52 bits per heavy atom. The van der Waals surface area contributed by atoms with Crippen molar-refractivity contribution in [3.8, 4) is 11.3 Å². The van der Waals surface area contributed by atoms with Crippen LogP contribution in [0.2, 0.25) is 5.02 Å². The van der Waals surface area contributed by atoms with Gasteiger partial charge in [0, 0.05) is 16.6 Å². The number of pyridine rings is 1. The van der Waals surface area contributed by atoms with Gasteiger partial charge in [0.15, 0.2) is 0 Å². The summed E-state index contributed by atoms with van der Waals surface area (Å²) in [5, 5.41) is 14.5. The summed E-state index contributed by atoms with van der Waals surface area (Å²) in [7, 11) is 0. The first-order valence-corrected chi connectivity index (χ1v) is 7.92. The number of hydrogen-bond donors (Lipinski definition) is 2. The van der Waals surface area contributed by atoms with Crippen LogP contribution >= 0.6 is 11.6 Å². The molecule has 1 aromatic heterocycles. The Morgan fingerprint density at radius 1 is 1.09 bits per heavy atom. The van der Waals surface area contributed by atoms with Gasteiger partial charge in [0.05, 0.1) is 28.4 Å². The Bertz CT molecular complexity index is 831. The van der Waals surface area contributed by atoms with Gasteiger partial charge in [-0.05, 0) is 26.0 Å². The fourth-order valence-corrected chi connectivity index (χ4v) is 2.69. The van der Waals surface area contributed by atoms with E-state index in [0.717, 1.165) is 27.8 Å². The number of aliphatic hydroxyl groups is 1. The number of rotatable bonds is 4. The molecule has 0 fully saturated rings. The van der Waals surface area contributed by atoms with Gasteiger partial charge in [-0.3, -0.25) is 0 Å². The molecule has 0 aliphatic carbocycles. The maximum absolute atomic E-state index is 9.56. The van der Waals surface area contributed by atoms with E-state index in [1.807, 2.05) is 68.4 Å². The monoisotopic (exact) mass is 326 g/mol. The van der Waals surface area contributed by atoms with E-state index < -0.39 is 5.54 Å². The van der Waals surface area contributed by atoms with Crippen molar-refractivity contribution >= 4 is 28.2 Å². The van der Waals surface area contributed by atoms with E-state index in [9.17, 15) is 5.11 Å². The largest absolute Gasteiger partial charge is 0.394 e. The smallest absolute Gasteiger partial charge is 0.0916 e. The predicted octanol–water partition coefficient (Wildman–Crippen LogP) is 4.74. The van der Waals surface area contributed by atoms with Crippen LogP contribution < -0.4 is 5.32 Å². The van der Waals surface area contributed by atoms with E-state index in [-0.39, 0.29) is 6.61 Å². The average Bonchev–Trinajstić information content (AvgIpc) is 2.56. The number of hydrogen-bond acceptors (Lipinski definition) is 3. The molecule has 0 bridgehead atoms. The lowest BCUT2D eigenvalue weighted by Gasteiger charge is -2.26. The SMILES string of the molecule is CC(C)(CO)Nc1cc(-c2ccccc2)nc2c(Cl)cccc12. The molecule has 3 nitrogen and oxygen atoms in total. The molecule has 0 aliphatic heterocycles. The minimum absolute atomic E-state index is 0.0258. The van der Waals surface area contributed by atoms with Gasteiger partial charge in [-0.25, -0.2) is 4.98 Å². The highest BCUT2D eigenvalue weighted by atomic mass is 35.5. The lowest BCUT2D eigenvalue weighted by atomic mass is 10.0. The molecular formula is C19H19ClN2O. The molecule has 0 amide bonds. The van der Waals surface area contributed by atoms with Gasteiger partial charge in [0.25, 0.3) is 0 Å². The Hall–Kier alpha value is -2.10. The molecule has 118 valence electrons. The third kappa shape index (κ3) is 3.31. The molecular weight excluding hydrogens is 308 g/mol. The molecule has 0 atom stereocenters. The number of aliphatic hydroxyl groups excluding tert-OH is 1. The molecule has 0 aliphatic rings. The van der Waals surface area contributed by atoms with Gasteiger partial charge < -0.3 is 10.4 Å². The summed E-state index contributed by atoms with van der Waals surface area (Å²) in [6.07, 6.45) is 0. The number of halogens is 1. The molecule has 3 rings (SSSR count). The Kier molecular flexibility index (Phi) is 4.24. The van der Waals surface area contributed by atoms with Crippen molar-refractivity contribution in [2.24, 2.45) is 0 Å². The lowest BCUT2D eigenvalue weighted by Crippen LogP contribution is -2.35. The van der Waals surface area contributed by atoms with Crippen LogP contribution in [0, 0.1) is 0 Å². The summed E-state index contributed by atoms with van der Waals surface area (Å²) in [6.45, 7) is 3.93. The number of aromatic nitrogens is 1. The number of nitrogens with one attached hydrogen (secondary N) is 1. The summed E-state index contributed by atoms with van der Waals surface area (Å²) in [5.41, 5.74) is 3.11. The number of anilines is 1. The zero-order valence-corrected chi connectivity index (χ0v) is 13.9. The van der Waals surface area contributed by atoms with Crippen molar-refractivity contribution in [2.75, 3.05) is 11.9 Å². The van der Waals surface area contributed by atoms with Gasteiger partial charge in [-0.1, -0.05) is 54.1 Å². The van der Waals surface area contributed by atoms with Gasteiger partial charge >= 0.3 is 0 Å². The summed E-state index contributed by atoms with van der Waals surface area (Å²) in [4.78, 5) is 4.73. The van der Waals surface area contributed by atoms with Crippen LogP contribution in [0.15, 0.2) is 54.6 Å². The quantitative estimate of drug-likeness (QED) is 0.728. The molecule has 3 aromatic rings. The highest BCUT2D eigenvalue weighted by Crippen LogP contribution is 2.33. The topological polar surface area (TPSA) is 45.1 Å². The van der Waals surface area contributed by atoms with Crippen LogP contribution in [0.5, 0.6) is 0 Å². The molecule has 0 spiro atoms. The maximum atomic E-state index is 9.56. The minimum Gasteiger partial charge on any atom is -0.394 e. The molecule has 1 heterocycles.